The minimum absolute atomic E-state index is 0.175. The van der Waals surface area contributed by atoms with E-state index in [0.717, 1.165) is 5.69 Å². The fourth-order valence-corrected chi connectivity index (χ4v) is 2.16. The van der Waals surface area contributed by atoms with Gasteiger partial charge < -0.3 is 4.74 Å². The van der Waals surface area contributed by atoms with Crippen molar-refractivity contribution in [3.63, 3.8) is 0 Å². The Hall–Kier alpha value is -1.88. The van der Waals surface area contributed by atoms with Crippen LogP contribution in [-0.2, 0) is 0 Å². The van der Waals surface area contributed by atoms with Crippen molar-refractivity contribution in [2.24, 2.45) is 0 Å². The monoisotopic (exact) mass is 262 g/mol. The Morgan fingerprint density at radius 3 is 3.00 bits per heavy atom. The zero-order valence-corrected chi connectivity index (χ0v) is 11.1. The van der Waals surface area contributed by atoms with Gasteiger partial charge in [-0.3, -0.25) is 10.1 Å². The summed E-state index contributed by atoms with van der Waals surface area (Å²) in [5.41, 5.74) is 1.46. The molecule has 5 heteroatoms. The molecule has 18 heavy (non-hydrogen) atoms. The smallest absolute Gasteiger partial charge is 0.257 e. The molecular formula is C13H14N2O2S. The molecule has 0 unspecified atom stereocenters. The highest BCUT2D eigenvalue weighted by Gasteiger charge is 2.09. The summed E-state index contributed by atoms with van der Waals surface area (Å²) in [6.07, 6.45) is 0. The van der Waals surface area contributed by atoms with Crippen LogP contribution in [0.25, 0.3) is 0 Å². The van der Waals surface area contributed by atoms with E-state index in [-0.39, 0.29) is 5.91 Å². The van der Waals surface area contributed by atoms with E-state index >= 15 is 0 Å². The van der Waals surface area contributed by atoms with E-state index in [4.69, 9.17) is 4.74 Å². The normalized spacial score (nSPS) is 10.1. The number of carbonyl (C=O) groups is 1. The molecule has 1 aromatic heterocycles. The van der Waals surface area contributed by atoms with E-state index in [1.165, 1.54) is 11.3 Å². The molecule has 1 heterocycles. The van der Waals surface area contributed by atoms with Crippen LogP contribution in [-0.4, -0.2) is 17.5 Å². The standard InChI is InChI=1S/C13H14N2O2S/c1-3-17-11-6-4-5-10(7-11)12(16)15-13-14-9(2)8-18-13/h4-8H,3H2,1-2H3,(H,14,15,16). The fourth-order valence-electron chi connectivity index (χ4n) is 1.47. The molecule has 0 fully saturated rings. The number of ether oxygens (including phenoxy) is 1. The van der Waals surface area contributed by atoms with Gasteiger partial charge >= 0.3 is 0 Å². The summed E-state index contributed by atoms with van der Waals surface area (Å²) in [4.78, 5) is 16.2. The number of carbonyl (C=O) groups excluding carboxylic acids is 1. The van der Waals surface area contributed by atoms with Gasteiger partial charge in [0.25, 0.3) is 5.91 Å². The Morgan fingerprint density at radius 1 is 1.50 bits per heavy atom. The summed E-state index contributed by atoms with van der Waals surface area (Å²) >= 11 is 1.41. The third kappa shape index (κ3) is 3.07. The van der Waals surface area contributed by atoms with Crippen molar-refractivity contribution in [3.05, 3.63) is 40.9 Å². The summed E-state index contributed by atoms with van der Waals surface area (Å²) in [6.45, 7) is 4.38. The number of benzene rings is 1. The van der Waals surface area contributed by atoms with Crippen molar-refractivity contribution in [3.8, 4) is 5.75 Å². The second-order valence-electron chi connectivity index (χ2n) is 3.71. The summed E-state index contributed by atoms with van der Waals surface area (Å²) in [5, 5.41) is 5.27. The lowest BCUT2D eigenvalue weighted by Gasteiger charge is -2.05. The van der Waals surface area contributed by atoms with Crippen LogP contribution in [0.4, 0.5) is 5.13 Å². The first kappa shape index (κ1) is 12.6. The van der Waals surface area contributed by atoms with Gasteiger partial charge in [0.1, 0.15) is 5.75 Å². The Balaban J connectivity index is 2.11. The van der Waals surface area contributed by atoms with Gasteiger partial charge in [-0.1, -0.05) is 6.07 Å². The van der Waals surface area contributed by atoms with Crippen LogP contribution in [0.15, 0.2) is 29.6 Å². The number of nitrogens with one attached hydrogen (secondary N) is 1. The van der Waals surface area contributed by atoms with Crippen LogP contribution in [0.5, 0.6) is 5.75 Å². The topological polar surface area (TPSA) is 51.2 Å². The number of rotatable bonds is 4. The fraction of sp³-hybridized carbons (Fsp3) is 0.231. The average molecular weight is 262 g/mol. The van der Waals surface area contributed by atoms with Crippen molar-refractivity contribution in [1.29, 1.82) is 0 Å². The zero-order valence-electron chi connectivity index (χ0n) is 10.3. The Morgan fingerprint density at radius 2 is 2.33 bits per heavy atom. The van der Waals surface area contributed by atoms with E-state index in [1.54, 1.807) is 18.2 Å². The van der Waals surface area contributed by atoms with Crippen LogP contribution >= 0.6 is 11.3 Å². The van der Waals surface area contributed by atoms with Crippen molar-refractivity contribution >= 4 is 22.4 Å². The molecule has 1 amide bonds. The number of amides is 1. The predicted octanol–water partition coefficient (Wildman–Crippen LogP) is 3.10. The first-order chi connectivity index (χ1) is 8.69. The van der Waals surface area contributed by atoms with Gasteiger partial charge in [-0.05, 0) is 32.0 Å². The zero-order chi connectivity index (χ0) is 13.0. The Labute approximate surface area is 110 Å². The second-order valence-corrected chi connectivity index (χ2v) is 4.57. The maximum atomic E-state index is 12.0. The molecular weight excluding hydrogens is 248 g/mol. The number of hydrogen-bond acceptors (Lipinski definition) is 4. The minimum Gasteiger partial charge on any atom is -0.494 e. The SMILES string of the molecule is CCOc1cccc(C(=O)Nc2nc(C)cs2)c1. The van der Waals surface area contributed by atoms with Crippen molar-refractivity contribution in [2.45, 2.75) is 13.8 Å². The predicted molar refractivity (Wildman–Crippen MR) is 72.4 cm³/mol. The van der Waals surface area contributed by atoms with Crippen LogP contribution < -0.4 is 10.1 Å². The van der Waals surface area contributed by atoms with Gasteiger partial charge in [0, 0.05) is 10.9 Å². The molecule has 94 valence electrons. The van der Waals surface area contributed by atoms with E-state index < -0.39 is 0 Å². The molecule has 0 aliphatic heterocycles. The van der Waals surface area contributed by atoms with Crippen LogP contribution in [0, 0.1) is 6.92 Å². The van der Waals surface area contributed by atoms with Crippen LogP contribution in [0.3, 0.4) is 0 Å². The van der Waals surface area contributed by atoms with E-state index in [1.807, 2.05) is 25.3 Å². The first-order valence-electron chi connectivity index (χ1n) is 5.65. The van der Waals surface area contributed by atoms with Gasteiger partial charge in [-0.15, -0.1) is 11.3 Å². The summed E-state index contributed by atoms with van der Waals surface area (Å²) in [5.74, 6) is 0.520. The lowest BCUT2D eigenvalue weighted by Crippen LogP contribution is -2.11. The van der Waals surface area contributed by atoms with Crippen molar-refractivity contribution < 1.29 is 9.53 Å². The number of thiazole rings is 1. The second kappa shape index (κ2) is 5.64. The van der Waals surface area contributed by atoms with Gasteiger partial charge in [0.15, 0.2) is 5.13 Å². The molecule has 0 aliphatic carbocycles. The highest BCUT2D eigenvalue weighted by molar-refractivity contribution is 7.13. The Kier molecular flexibility index (Phi) is 3.94. The van der Waals surface area contributed by atoms with Gasteiger partial charge in [0.05, 0.1) is 12.3 Å². The van der Waals surface area contributed by atoms with Gasteiger partial charge in [-0.25, -0.2) is 4.98 Å². The summed E-state index contributed by atoms with van der Waals surface area (Å²) in [7, 11) is 0. The lowest BCUT2D eigenvalue weighted by atomic mass is 10.2. The molecule has 2 aromatic rings. The number of nitrogens with zero attached hydrogens (tertiary/aromatic N) is 1. The molecule has 0 aliphatic rings. The average Bonchev–Trinajstić information content (AvgIpc) is 2.75. The molecule has 0 bridgehead atoms. The highest BCUT2D eigenvalue weighted by atomic mass is 32.1. The van der Waals surface area contributed by atoms with Crippen molar-refractivity contribution in [2.75, 3.05) is 11.9 Å². The minimum atomic E-state index is -0.175. The number of hydrogen-bond donors (Lipinski definition) is 1. The molecule has 0 saturated heterocycles. The summed E-state index contributed by atoms with van der Waals surface area (Å²) in [6, 6.07) is 7.10. The number of aromatic nitrogens is 1. The molecule has 1 N–H and O–H groups in total. The number of anilines is 1. The molecule has 0 radical (unpaired) electrons. The molecule has 1 aromatic carbocycles. The largest absolute Gasteiger partial charge is 0.494 e. The first-order valence-corrected chi connectivity index (χ1v) is 6.53. The highest BCUT2D eigenvalue weighted by Crippen LogP contribution is 2.18. The van der Waals surface area contributed by atoms with Gasteiger partial charge in [0.2, 0.25) is 0 Å². The molecule has 2 rings (SSSR count). The molecule has 0 spiro atoms. The van der Waals surface area contributed by atoms with Crippen molar-refractivity contribution in [1.82, 2.24) is 4.98 Å². The van der Waals surface area contributed by atoms with Crippen LogP contribution in [0.2, 0.25) is 0 Å². The van der Waals surface area contributed by atoms with E-state index in [0.29, 0.717) is 23.1 Å². The third-order valence-corrected chi connectivity index (χ3v) is 3.12. The maximum Gasteiger partial charge on any atom is 0.257 e. The molecule has 0 saturated carbocycles. The van der Waals surface area contributed by atoms with Crippen LogP contribution in [0.1, 0.15) is 23.0 Å². The Bertz CT molecular complexity index is 551. The lowest BCUT2D eigenvalue weighted by molar-refractivity contribution is 0.102. The summed E-state index contributed by atoms with van der Waals surface area (Å²) < 4.78 is 5.36. The van der Waals surface area contributed by atoms with E-state index in [2.05, 4.69) is 10.3 Å². The third-order valence-electron chi connectivity index (χ3n) is 2.25. The quantitative estimate of drug-likeness (QED) is 0.921. The number of aryl methyl sites for hydroxylation is 1. The maximum absolute atomic E-state index is 12.0. The molecule has 4 nitrogen and oxygen atoms in total. The van der Waals surface area contributed by atoms with Gasteiger partial charge in [-0.2, -0.15) is 0 Å². The molecule has 0 atom stereocenters. The van der Waals surface area contributed by atoms with E-state index in [9.17, 15) is 4.79 Å².